The third-order valence-electron chi connectivity index (χ3n) is 2.51. The molecular formula is C13H12N2O3. The first-order valence-corrected chi connectivity index (χ1v) is 5.39. The van der Waals surface area contributed by atoms with E-state index < -0.39 is 5.69 Å². The molecule has 1 aromatic carbocycles. The minimum absolute atomic E-state index is 0.0149. The Balaban J connectivity index is 2.17. The topological polar surface area (TPSA) is 61.2 Å². The lowest BCUT2D eigenvalue weighted by molar-refractivity contribution is 0.0970. The molecule has 0 N–H and O–H groups in total. The molecule has 1 aromatic heterocycles. The number of ether oxygens (including phenoxy) is 1. The van der Waals surface area contributed by atoms with Gasteiger partial charge in [-0.25, -0.2) is 9.78 Å². The number of hydrogen-bond acceptors (Lipinski definition) is 4. The molecule has 18 heavy (non-hydrogen) atoms. The van der Waals surface area contributed by atoms with E-state index in [4.69, 9.17) is 4.74 Å². The van der Waals surface area contributed by atoms with Crippen molar-refractivity contribution in [2.45, 2.75) is 6.54 Å². The van der Waals surface area contributed by atoms with Crippen LogP contribution in [0, 0.1) is 0 Å². The number of methoxy groups -OCH3 is 1. The van der Waals surface area contributed by atoms with Crippen LogP contribution in [0.2, 0.25) is 0 Å². The Bertz CT molecular complexity index is 602. The van der Waals surface area contributed by atoms with Crippen molar-refractivity contribution in [3.8, 4) is 5.75 Å². The van der Waals surface area contributed by atoms with Crippen molar-refractivity contribution in [3.05, 3.63) is 58.8 Å². The first-order chi connectivity index (χ1) is 8.70. The molecule has 92 valence electrons. The molecule has 0 atom stereocenters. The maximum Gasteiger partial charge on any atom is 0.347 e. The molecule has 2 rings (SSSR count). The molecule has 2 aromatic rings. The van der Waals surface area contributed by atoms with Gasteiger partial charge in [0.15, 0.2) is 5.78 Å². The number of aromatic nitrogens is 2. The number of ketones is 1. The standard InChI is InChI=1S/C13H12N2O3/c1-18-11-5-3-10(4-6-11)12(16)9-15-8-2-7-14-13(15)17/h2-8H,9H2,1H3. The number of rotatable bonds is 4. The second-order valence-corrected chi connectivity index (χ2v) is 3.68. The van der Waals surface area contributed by atoms with E-state index in [2.05, 4.69) is 4.98 Å². The number of hydrogen-bond donors (Lipinski definition) is 0. The van der Waals surface area contributed by atoms with Crippen molar-refractivity contribution < 1.29 is 9.53 Å². The molecule has 0 aliphatic carbocycles. The largest absolute Gasteiger partial charge is 0.497 e. The first-order valence-electron chi connectivity index (χ1n) is 5.39. The molecule has 5 nitrogen and oxygen atoms in total. The fourth-order valence-corrected chi connectivity index (χ4v) is 1.53. The maximum absolute atomic E-state index is 11.9. The molecule has 0 bridgehead atoms. The normalized spacial score (nSPS) is 10.1. The van der Waals surface area contributed by atoms with Gasteiger partial charge in [-0.3, -0.25) is 9.36 Å². The first kappa shape index (κ1) is 12.0. The van der Waals surface area contributed by atoms with Gasteiger partial charge in [0.05, 0.1) is 13.7 Å². The molecule has 0 spiro atoms. The Kier molecular flexibility index (Phi) is 3.52. The smallest absolute Gasteiger partial charge is 0.347 e. The second-order valence-electron chi connectivity index (χ2n) is 3.68. The Labute approximate surface area is 104 Å². The van der Waals surface area contributed by atoms with E-state index in [0.29, 0.717) is 11.3 Å². The van der Waals surface area contributed by atoms with Crippen LogP contribution in [0.5, 0.6) is 5.75 Å². The highest BCUT2D eigenvalue weighted by atomic mass is 16.5. The summed E-state index contributed by atoms with van der Waals surface area (Å²) in [5.41, 5.74) is 0.103. The van der Waals surface area contributed by atoms with Gasteiger partial charge in [-0.15, -0.1) is 0 Å². The highest BCUT2D eigenvalue weighted by Crippen LogP contribution is 2.11. The van der Waals surface area contributed by atoms with Crippen molar-refractivity contribution in [1.29, 1.82) is 0 Å². The Morgan fingerprint density at radius 2 is 2.06 bits per heavy atom. The average molecular weight is 244 g/mol. The highest BCUT2D eigenvalue weighted by Gasteiger charge is 2.07. The molecule has 0 saturated carbocycles. The van der Waals surface area contributed by atoms with E-state index in [1.165, 1.54) is 17.0 Å². The van der Waals surface area contributed by atoms with E-state index in [1.54, 1.807) is 37.4 Å². The summed E-state index contributed by atoms with van der Waals surface area (Å²) in [6, 6.07) is 8.37. The number of nitrogens with zero attached hydrogens (tertiary/aromatic N) is 2. The lowest BCUT2D eigenvalue weighted by Crippen LogP contribution is -2.25. The second kappa shape index (κ2) is 5.27. The van der Waals surface area contributed by atoms with Gasteiger partial charge >= 0.3 is 5.69 Å². The summed E-state index contributed by atoms with van der Waals surface area (Å²) in [5, 5.41) is 0. The van der Waals surface area contributed by atoms with E-state index in [9.17, 15) is 9.59 Å². The molecule has 0 saturated heterocycles. The van der Waals surface area contributed by atoms with Gasteiger partial charge in [0.2, 0.25) is 0 Å². The molecular weight excluding hydrogens is 232 g/mol. The Hall–Kier alpha value is -2.43. The van der Waals surface area contributed by atoms with Crippen LogP contribution in [0.15, 0.2) is 47.5 Å². The van der Waals surface area contributed by atoms with Gasteiger partial charge in [-0.1, -0.05) is 0 Å². The van der Waals surface area contributed by atoms with Crippen LogP contribution in [0.25, 0.3) is 0 Å². The van der Waals surface area contributed by atoms with Gasteiger partial charge in [0.1, 0.15) is 5.75 Å². The van der Waals surface area contributed by atoms with E-state index in [1.807, 2.05) is 0 Å². The Morgan fingerprint density at radius 1 is 1.33 bits per heavy atom. The van der Waals surface area contributed by atoms with Crippen molar-refractivity contribution in [2.24, 2.45) is 0 Å². The molecule has 0 fully saturated rings. The molecule has 0 aliphatic rings. The van der Waals surface area contributed by atoms with Crippen LogP contribution in [0.3, 0.4) is 0 Å². The summed E-state index contributed by atoms with van der Waals surface area (Å²) in [6.07, 6.45) is 2.94. The summed E-state index contributed by atoms with van der Waals surface area (Å²) in [4.78, 5) is 26.9. The van der Waals surface area contributed by atoms with Gasteiger partial charge < -0.3 is 4.74 Å². The zero-order chi connectivity index (χ0) is 13.0. The van der Waals surface area contributed by atoms with Crippen LogP contribution >= 0.6 is 0 Å². The zero-order valence-corrected chi connectivity index (χ0v) is 9.87. The third kappa shape index (κ3) is 2.63. The summed E-state index contributed by atoms with van der Waals surface area (Å²) in [6.45, 7) is -0.0149. The lowest BCUT2D eigenvalue weighted by Gasteiger charge is -2.04. The molecule has 0 unspecified atom stereocenters. The summed E-state index contributed by atoms with van der Waals surface area (Å²) in [5.74, 6) is 0.540. The maximum atomic E-state index is 11.9. The minimum atomic E-state index is -0.431. The van der Waals surface area contributed by atoms with Gasteiger partial charge in [0, 0.05) is 18.0 Å². The number of carbonyl (C=O) groups excluding carboxylic acids is 1. The van der Waals surface area contributed by atoms with Crippen LogP contribution < -0.4 is 10.4 Å². The van der Waals surface area contributed by atoms with Crippen molar-refractivity contribution in [3.63, 3.8) is 0 Å². The van der Waals surface area contributed by atoms with Crippen LogP contribution in [-0.4, -0.2) is 22.4 Å². The van der Waals surface area contributed by atoms with Crippen LogP contribution in [0.1, 0.15) is 10.4 Å². The molecule has 0 radical (unpaired) electrons. The average Bonchev–Trinajstić information content (AvgIpc) is 2.41. The van der Waals surface area contributed by atoms with Crippen molar-refractivity contribution >= 4 is 5.78 Å². The predicted octanol–water partition coefficient (Wildman–Crippen LogP) is 1.13. The van der Waals surface area contributed by atoms with Gasteiger partial charge in [0.25, 0.3) is 0 Å². The van der Waals surface area contributed by atoms with Crippen molar-refractivity contribution in [2.75, 3.05) is 7.11 Å². The predicted molar refractivity (Wildman–Crippen MR) is 65.8 cm³/mol. The van der Waals surface area contributed by atoms with Gasteiger partial charge in [-0.2, -0.15) is 0 Å². The zero-order valence-electron chi connectivity index (χ0n) is 9.87. The lowest BCUT2D eigenvalue weighted by atomic mass is 10.1. The van der Waals surface area contributed by atoms with Crippen LogP contribution in [0.4, 0.5) is 0 Å². The van der Waals surface area contributed by atoms with E-state index >= 15 is 0 Å². The fourth-order valence-electron chi connectivity index (χ4n) is 1.53. The van der Waals surface area contributed by atoms with Gasteiger partial charge in [-0.05, 0) is 30.3 Å². The monoisotopic (exact) mass is 244 g/mol. The van der Waals surface area contributed by atoms with E-state index in [-0.39, 0.29) is 12.3 Å². The number of Topliss-reactive ketones (excluding diaryl/α,β-unsaturated/α-hetero) is 1. The molecule has 0 aliphatic heterocycles. The molecule has 5 heteroatoms. The molecule has 0 amide bonds. The third-order valence-corrected chi connectivity index (χ3v) is 2.51. The van der Waals surface area contributed by atoms with Crippen LogP contribution in [-0.2, 0) is 6.54 Å². The SMILES string of the molecule is COc1ccc(C(=O)Cn2cccnc2=O)cc1. The number of carbonyl (C=O) groups is 1. The fraction of sp³-hybridized carbons (Fsp3) is 0.154. The quantitative estimate of drug-likeness (QED) is 0.756. The summed E-state index contributed by atoms with van der Waals surface area (Å²) in [7, 11) is 1.56. The summed E-state index contributed by atoms with van der Waals surface area (Å²) < 4.78 is 6.28. The highest BCUT2D eigenvalue weighted by molar-refractivity contribution is 5.95. The minimum Gasteiger partial charge on any atom is -0.497 e. The Morgan fingerprint density at radius 3 is 2.67 bits per heavy atom. The number of benzene rings is 1. The van der Waals surface area contributed by atoms with Crippen molar-refractivity contribution in [1.82, 2.24) is 9.55 Å². The summed E-state index contributed by atoms with van der Waals surface area (Å²) >= 11 is 0. The van der Waals surface area contributed by atoms with E-state index in [0.717, 1.165) is 0 Å². The molecule has 1 heterocycles.